The standard InChI is InChI=1S/C14H28N2O2/c1-3-4-5-6-7-13(17)16-10-8-14(12-15,18-2)9-11-16/h3-12,15H2,1-2H3. The first-order chi connectivity index (χ1) is 8.67. The van der Waals surface area contributed by atoms with E-state index in [4.69, 9.17) is 10.5 Å². The summed E-state index contributed by atoms with van der Waals surface area (Å²) in [4.78, 5) is 14.0. The van der Waals surface area contributed by atoms with Crippen LogP contribution in [0.4, 0.5) is 0 Å². The maximum absolute atomic E-state index is 12.0. The SMILES string of the molecule is CCCCCCC(=O)N1CCC(CN)(OC)CC1. The van der Waals surface area contributed by atoms with Gasteiger partial charge in [-0.05, 0) is 19.3 Å². The molecule has 1 rings (SSSR count). The molecule has 0 radical (unpaired) electrons. The number of nitrogens with two attached hydrogens (primary N) is 1. The van der Waals surface area contributed by atoms with Gasteiger partial charge in [0.2, 0.25) is 5.91 Å². The quantitative estimate of drug-likeness (QED) is 0.708. The fraction of sp³-hybridized carbons (Fsp3) is 0.929. The molecule has 0 saturated carbocycles. The molecule has 0 spiro atoms. The number of likely N-dealkylation sites (tertiary alicyclic amines) is 1. The number of hydrogen-bond acceptors (Lipinski definition) is 3. The van der Waals surface area contributed by atoms with Gasteiger partial charge in [0.05, 0.1) is 5.60 Å². The van der Waals surface area contributed by atoms with Crippen LogP contribution in [0.15, 0.2) is 0 Å². The number of methoxy groups -OCH3 is 1. The number of carbonyl (C=O) groups excluding carboxylic acids is 1. The first-order valence-electron chi connectivity index (χ1n) is 7.20. The summed E-state index contributed by atoms with van der Waals surface area (Å²) in [7, 11) is 1.72. The number of unbranched alkanes of at least 4 members (excludes halogenated alkanes) is 3. The van der Waals surface area contributed by atoms with E-state index in [2.05, 4.69) is 6.92 Å². The summed E-state index contributed by atoms with van der Waals surface area (Å²) >= 11 is 0. The van der Waals surface area contributed by atoms with Gasteiger partial charge in [0, 0.05) is 33.2 Å². The van der Waals surface area contributed by atoms with E-state index < -0.39 is 0 Å². The van der Waals surface area contributed by atoms with E-state index in [0.29, 0.717) is 18.9 Å². The highest BCUT2D eigenvalue weighted by Crippen LogP contribution is 2.25. The maximum Gasteiger partial charge on any atom is 0.222 e. The highest BCUT2D eigenvalue weighted by atomic mass is 16.5. The second kappa shape index (κ2) is 7.74. The van der Waals surface area contributed by atoms with Gasteiger partial charge in [-0.3, -0.25) is 4.79 Å². The van der Waals surface area contributed by atoms with Crippen molar-refractivity contribution < 1.29 is 9.53 Å². The predicted molar refractivity (Wildman–Crippen MR) is 73.4 cm³/mol. The van der Waals surface area contributed by atoms with E-state index in [1.54, 1.807) is 7.11 Å². The monoisotopic (exact) mass is 256 g/mol. The Kier molecular flexibility index (Phi) is 6.65. The minimum absolute atomic E-state index is 0.195. The van der Waals surface area contributed by atoms with Gasteiger partial charge in [-0.2, -0.15) is 0 Å². The number of hydrogen-bond donors (Lipinski definition) is 1. The third-order valence-electron chi connectivity index (χ3n) is 4.08. The lowest BCUT2D eigenvalue weighted by atomic mass is 9.91. The van der Waals surface area contributed by atoms with Crippen LogP contribution in [-0.2, 0) is 9.53 Å². The fourth-order valence-corrected chi connectivity index (χ4v) is 2.52. The summed E-state index contributed by atoms with van der Waals surface area (Å²) in [5.41, 5.74) is 5.56. The molecule has 0 aromatic carbocycles. The molecule has 0 unspecified atom stereocenters. The molecule has 1 aliphatic heterocycles. The molecule has 0 atom stereocenters. The van der Waals surface area contributed by atoms with Gasteiger partial charge in [0.15, 0.2) is 0 Å². The molecule has 0 aromatic rings. The second-order valence-electron chi connectivity index (χ2n) is 5.28. The van der Waals surface area contributed by atoms with Crippen molar-refractivity contribution in [2.45, 2.75) is 57.5 Å². The average molecular weight is 256 g/mol. The van der Waals surface area contributed by atoms with Crippen LogP contribution in [-0.4, -0.2) is 43.2 Å². The topological polar surface area (TPSA) is 55.6 Å². The van der Waals surface area contributed by atoms with Crippen LogP contribution in [0.1, 0.15) is 51.9 Å². The molecule has 2 N–H and O–H groups in total. The van der Waals surface area contributed by atoms with Crippen LogP contribution in [0.2, 0.25) is 0 Å². The van der Waals surface area contributed by atoms with E-state index in [1.165, 1.54) is 19.3 Å². The van der Waals surface area contributed by atoms with Gasteiger partial charge in [-0.1, -0.05) is 26.2 Å². The summed E-state index contributed by atoms with van der Waals surface area (Å²) in [6, 6.07) is 0. The first kappa shape index (κ1) is 15.4. The molecular weight excluding hydrogens is 228 g/mol. The Hall–Kier alpha value is -0.610. The summed E-state index contributed by atoms with van der Waals surface area (Å²) in [6.07, 6.45) is 7.05. The van der Waals surface area contributed by atoms with Gasteiger partial charge in [-0.15, -0.1) is 0 Å². The average Bonchev–Trinajstić information content (AvgIpc) is 2.43. The van der Waals surface area contributed by atoms with Crippen molar-refractivity contribution in [2.24, 2.45) is 5.73 Å². The minimum atomic E-state index is -0.195. The Morgan fingerprint density at radius 2 is 1.94 bits per heavy atom. The molecule has 18 heavy (non-hydrogen) atoms. The van der Waals surface area contributed by atoms with Gasteiger partial charge in [-0.25, -0.2) is 0 Å². The minimum Gasteiger partial charge on any atom is -0.377 e. The smallest absolute Gasteiger partial charge is 0.222 e. The molecule has 1 fully saturated rings. The lowest BCUT2D eigenvalue weighted by molar-refractivity contribution is -0.136. The van der Waals surface area contributed by atoms with E-state index in [1.807, 2.05) is 4.90 Å². The Morgan fingerprint density at radius 3 is 2.44 bits per heavy atom. The van der Waals surface area contributed by atoms with Crippen molar-refractivity contribution in [3.8, 4) is 0 Å². The van der Waals surface area contributed by atoms with Crippen molar-refractivity contribution in [3.63, 3.8) is 0 Å². The molecule has 4 nitrogen and oxygen atoms in total. The van der Waals surface area contributed by atoms with E-state index in [0.717, 1.165) is 32.4 Å². The normalized spacial score (nSPS) is 18.9. The third-order valence-corrected chi connectivity index (χ3v) is 4.08. The zero-order valence-electron chi connectivity index (χ0n) is 11.9. The van der Waals surface area contributed by atoms with Crippen molar-refractivity contribution >= 4 is 5.91 Å². The lowest BCUT2D eigenvalue weighted by Gasteiger charge is -2.40. The fourth-order valence-electron chi connectivity index (χ4n) is 2.52. The van der Waals surface area contributed by atoms with Gasteiger partial charge >= 0.3 is 0 Å². The molecular formula is C14H28N2O2. The highest BCUT2D eigenvalue weighted by molar-refractivity contribution is 5.76. The molecule has 1 amide bonds. The predicted octanol–water partition coefficient (Wildman–Crippen LogP) is 1.92. The number of piperidine rings is 1. The van der Waals surface area contributed by atoms with E-state index in [-0.39, 0.29) is 5.60 Å². The van der Waals surface area contributed by atoms with Crippen LogP contribution in [0.5, 0.6) is 0 Å². The molecule has 0 aliphatic carbocycles. The van der Waals surface area contributed by atoms with Crippen LogP contribution in [0.3, 0.4) is 0 Å². The zero-order valence-corrected chi connectivity index (χ0v) is 11.9. The molecule has 1 aliphatic rings. The number of nitrogens with zero attached hydrogens (tertiary/aromatic N) is 1. The Balaban J connectivity index is 2.27. The molecule has 1 saturated heterocycles. The number of carbonyl (C=O) groups is 1. The molecule has 0 bridgehead atoms. The largest absolute Gasteiger partial charge is 0.377 e. The molecule has 1 heterocycles. The van der Waals surface area contributed by atoms with E-state index >= 15 is 0 Å². The number of ether oxygens (including phenoxy) is 1. The zero-order chi connectivity index (χ0) is 13.4. The summed E-state index contributed by atoms with van der Waals surface area (Å²) in [6.45, 7) is 4.31. The van der Waals surface area contributed by atoms with Crippen molar-refractivity contribution in [1.82, 2.24) is 4.90 Å². The second-order valence-corrected chi connectivity index (χ2v) is 5.28. The van der Waals surface area contributed by atoms with Gasteiger partial charge in [0.25, 0.3) is 0 Å². The molecule has 106 valence electrons. The maximum atomic E-state index is 12.0. The van der Waals surface area contributed by atoms with E-state index in [9.17, 15) is 4.79 Å². The Labute approximate surface area is 111 Å². The highest BCUT2D eigenvalue weighted by Gasteiger charge is 2.34. The third kappa shape index (κ3) is 4.25. The first-order valence-corrected chi connectivity index (χ1v) is 7.20. The van der Waals surface area contributed by atoms with Crippen LogP contribution in [0, 0.1) is 0 Å². The number of amides is 1. The number of rotatable bonds is 7. The summed E-state index contributed by atoms with van der Waals surface area (Å²) in [5, 5.41) is 0. The van der Waals surface area contributed by atoms with Crippen LogP contribution in [0.25, 0.3) is 0 Å². The summed E-state index contributed by atoms with van der Waals surface area (Å²) in [5.74, 6) is 0.299. The van der Waals surface area contributed by atoms with Crippen molar-refractivity contribution in [1.29, 1.82) is 0 Å². The summed E-state index contributed by atoms with van der Waals surface area (Å²) < 4.78 is 5.51. The van der Waals surface area contributed by atoms with Gasteiger partial charge < -0.3 is 15.4 Å². The lowest BCUT2D eigenvalue weighted by Crippen LogP contribution is -2.51. The van der Waals surface area contributed by atoms with Crippen LogP contribution < -0.4 is 5.73 Å². The van der Waals surface area contributed by atoms with Crippen LogP contribution >= 0.6 is 0 Å². The van der Waals surface area contributed by atoms with Crippen molar-refractivity contribution in [2.75, 3.05) is 26.7 Å². The Morgan fingerprint density at radius 1 is 1.28 bits per heavy atom. The molecule has 4 heteroatoms. The van der Waals surface area contributed by atoms with Crippen molar-refractivity contribution in [3.05, 3.63) is 0 Å². The molecule has 0 aromatic heterocycles. The Bertz CT molecular complexity index is 242. The van der Waals surface area contributed by atoms with Gasteiger partial charge in [0.1, 0.15) is 0 Å².